The molecular weight excluding hydrogens is 367 g/mol. The number of nitrogens with one attached hydrogen (secondary N) is 1. The maximum atomic E-state index is 12.7. The van der Waals surface area contributed by atoms with Gasteiger partial charge in [-0.2, -0.15) is 0 Å². The highest BCUT2D eigenvalue weighted by atomic mass is 35.5. The summed E-state index contributed by atoms with van der Waals surface area (Å²) in [6.45, 7) is 3.51. The van der Waals surface area contributed by atoms with Gasteiger partial charge in [-0.05, 0) is 25.5 Å². The zero-order valence-corrected chi connectivity index (χ0v) is 15.3. The Balaban J connectivity index is 2.38. The average molecular weight is 385 g/mol. The molecule has 0 saturated carbocycles. The Morgan fingerprint density at radius 3 is 2.52 bits per heavy atom. The third-order valence-electron chi connectivity index (χ3n) is 3.74. The number of aromatic nitrogens is 1. The number of carbonyl (C=O) groups excluding carboxylic acids is 1. The van der Waals surface area contributed by atoms with Gasteiger partial charge in [0.1, 0.15) is 23.1 Å². The zero-order valence-electron chi connectivity index (χ0n) is 13.8. The second-order valence-electron chi connectivity index (χ2n) is 5.57. The van der Waals surface area contributed by atoms with Crippen LogP contribution in [0.5, 0.6) is 0 Å². The summed E-state index contributed by atoms with van der Waals surface area (Å²) in [5, 5.41) is 16.3. The second kappa shape index (κ2) is 8.36. The molecule has 2 N–H and O–H groups in total. The van der Waals surface area contributed by atoms with Crippen molar-refractivity contribution in [3.05, 3.63) is 39.6 Å². The van der Waals surface area contributed by atoms with Crippen molar-refractivity contribution in [3.63, 3.8) is 0 Å². The first kappa shape index (κ1) is 19.3. The molecule has 1 atom stereocenters. The molecule has 0 aliphatic rings. The Labute approximate surface area is 155 Å². The lowest BCUT2D eigenvalue weighted by atomic mass is 10.0. The van der Waals surface area contributed by atoms with E-state index in [0.717, 1.165) is 6.42 Å². The van der Waals surface area contributed by atoms with Gasteiger partial charge in [0, 0.05) is 5.56 Å². The lowest BCUT2D eigenvalue weighted by Crippen LogP contribution is -2.41. The molecule has 1 amide bonds. The number of aliphatic carboxylic acids is 1. The number of hydrogen-bond acceptors (Lipinski definition) is 4. The predicted molar refractivity (Wildman–Crippen MR) is 95.1 cm³/mol. The van der Waals surface area contributed by atoms with E-state index in [0.29, 0.717) is 28.5 Å². The molecule has 25 heavy (non-hydrogen) atoms. The van der Waals surface area contributed by atoms with Crippen molar-refractivity contribution in [2.75, 3.05) is 0 Å². The first-order chi connectivity index (χ1) is 11.9. The topological polar surface area (TPSA) is 92.4 Å². The molecule has 0 unspecified atom stereocenters. The van der Waals surface area contributed by atoms with Gasteiger partial charge in [0.25, 0.3) is 5.91 Å². The second-order valence-corrected chi connectivity index (χ2v) is 6.38. The van der Waals surface area contributed by atoms with Crippen LogP contribution in [-0.4, -0.2) is 28.2 Å². The molecule has 1 aromatic heterocycles. The van der Waals surface area contributed by atoms with E-state index < -0.39 is 17.9 Å². The van der Waals surface area contributed by atoms with E-state index in [1.807, 2.05) is 6.92 Å². The third kappa shape index (κ3) is 4.32. The van der Waals surface area contributed by atoms with E-state index in [2.05, 4.69) is 10.5 Å². The fourth-order valence-electron chi connectivity index (χ4n) is 2.43. The maximum Gasteiger partial charge on any atom is 0.326 e. The predicted octanol–water partition coefficient (Wildman–Crippen LogP) is 4.33. The van der Waals surface area contributed by atoms with Crippen LogP contribution in [0.3, 0.4) is 0 Å². The largest absolute Gasteiger partial charge is 0.480 e. The number of nitrogens with zero attached hydrogens (tertiary/aromatic N) is 1. The van der Waals surface area contributed by atoms with E-state index in [4.69, 9.17) is 27.7 Å². The van der Waals surface area contributed by atoms with Gasteiger partial charge in [0.05, 0.1) is 10.0 Å². The summed E-state index contributed by atoms with van der Waals surface area (Å²) < 4.78 is 5.13. The van der Waals surface area contributed by atoms with E-state index in [9.17, 15) is 14.7 Å². The molecule has 1 aromatic carbocycles. The van der Waals surface area contributed by atoms with Crippen molar-refractivity contribution < 1.29 is 19.2 Å². The smallest absolute Gasteiger partial charge is 0.326 e. The number of halogens is 2. The minimum atomic E-state index is -1.09. The van der Waals surface area contributed by atoms with Crippen molar-refractivity contribution >= 4 is 35.1 Å². The zero-order chi connectivity index (χ0) is 18.6. The van der Waals surface area contributed by atoms with Gasteiger partial charge >= 0.3 is 5.97 Å². The summed E-state index contributed by atoms with van der Waals surface area (Å²) in [5.74, 6) is -1.43. The number of carboxylic acids is 1. The summed E-state index contributed by atoms with van der Waals surface area (Å²) >= 11 is 12.4. The van der Waals surface area contributed by atoms with Crippen LogP contribution in [0.2, 0.25) is 10.0 Å². The molecule has 0 aliphatic heterocycles. The fraction of sp³-hybridized carbons (Fsp3) is 0.353. The molecule has 134 valence electrons. The average Bonchev–Trinajstić information content (AvgIpc) is 2.92. The molecule has 0 spiro atoms. The number of carbonyl (C=O) groups is 2. The number of aryl methyl sites for hydroxylation is 1. The van der Waals surface area contributed by atoms with E-state index >= 15 is 0 Å². The van der Waals surface area contributed by atoms with Crippen LogP contribution < -0.4 is 5.32 Å². The number of carboxylic acid groups (broad SMARTS) is 1. The van der Waals surface area contributed by atoms with E-state index in [-0.39, 0.29) is 17.0 Å². The summed E-state index contributed by atoms with van der Waals surface area (Å²) in [7, 11) is 0. The van der Waals surface area contributed by atoms with Gasteiger partial charge in [-0.15, -0.1) is 0 Å². The SMILES string of the molecule is CCCC[C@H](NC(=O)c1c(-c2c(Cl)cccc2Cl)noc1C)C(=O)O. The standard InChI is InChI=1S/C17H18Cl2N2O4/c1-3-4-8-12(17(23)24)20-16(22)13-9(2)25-21-15(13)14-10(18)6-5-7-11(14)19/h5-7,12H,3-4,8H2,1-2H3,(H,20,22)(H,23,24)/t12-/m0/s1. The number of rotatable bonds is 7. The Hall–Kier alpha value is -2.05. The Morgan fingerprint density at radius 1 is 1.32 bits per heavy atom. The molecule has 0 saturated heterocycles. The van der Waals surface area contributed by atoms with Crippen LogP contribution in [-0.2, 0) is 4.79 Å². The van der Waals surface area contributed by atoms with Gasteiger partial charge < -0.3 is 14.9 Å². The van der Waals surface area contributed by atoms with E-state index in [1.54, 1.807) is 25.1 Å². The van der Waals surface area contributed by atoms with Gasteiger partial charge in [0.2, 0.25) is 0 Å². The summed E-state index contributed by atoms with van der Waals surface area (Å²) in [6, 6.07) is 3.92. The van der Waals surface area contributed by atoms with Gasteiger partial charge in [-0.1, -0.05) is 54.2 Å². The lowest BCUT2D eigenvalue weighted by Gasteiger charge is -2.14. The molecule has 0 bridgehead atoms. The highest BCUT2D eigenvalue weighted by Crippen LogP contribution is 2.36. The van der Waals surface area contributed by atoms with Crippen LogP contribution in [0, 0.1) is 6.92 Å². The molecule has 2 aromatic rings. The van der Waals surface area contributed by atoms with Gasteiger partial charge in [-0.3, -0.25) is 4.79 Å². The molecule has 6 nitrogen and oxygen atoms in total. The number of hydrogen-bond donors (Lipinski definition) is 2. The minimum absolute atomic E-state index is 0.123. The molecule has 2 rings (SSSR count). The van der Waals surface area contributed by atoms with Gasteiger partial charge in [-0.25, -0.2) is 4.79 Å². The van der Waals surface area contributed by atoms with Crippen molar-refractivity contribution in [2.24, 2.45) is 0 Å². The van der Waals surface area contributed by atoms with E-state index in [1.165, 1.54) is 0 Å². The summed E-state index contributed by atoms with van der Waals surface area (Å²) in [4.78, 5) is 24.0. The Kier molecular flexibility index (Phi) is 6.45. The molecule has 1 heterocycles. The van der Waals surface area contributed by atoms with Crippen molar-refractivity contribution in [1.82, 2.24) is 10.5 Å². The van der Waals surface area contributed by atoms with Crippen LogP contribution in [0.4, 0.5) is 0 Å². The van der Waals surface area contributed by atoms with Crippen LogP contribution >= 0.6 is 23.2 Å². The number of unbranched alkanes of at least 4 members (excludes halogenated alkanes) is 1. The van der Waals surface area contributed by atoms with Crippen LogP contribution in [0.1, 0.15) is 42.3 Å². The number of benzene rings is 1. The number of amides is 1. The molecule has 0 aliphatic carbocycles. The highest BCUT2D eigenvalue weighted by Gasteiger charge is 2.28. The molecule has 8 heteroatoms. The molecule has 0 fully saturated rings. The maximum absolute atomic E-state index is 12.7. The summed E-state index contributed by atoms with van der Waals surface area (Å²) in [6.07, 6.45) is 1.85. The summed E-state index contributed by atoms with van der Waals surface area (Å²) in [5.41, 5.74) is 0.677. The van der Waals surface area contributed by atoms with Crippen LogP contribution in [0.15, 0.2) is 22.7 Å². The Bertz CT molecular complexity index is 769. The molecule has 0 radical (unpaired) electrons. The highest BCUT2D eigenvalue weighted by molar-refractivity contribution is 6.39. The van der Waals surface area contributed by atoms with Crippen molar-refractivity contribution in [2.45, 2.75) is 39.2 Å². The quantitative estimate of drug-likeness (QED) is 0.740. The van der Waals surface area contributed by atoms with Gasteiger partial charge in [0.15, 0.2) is 0 Å². The first-order valence-electron chi connectivity index (χ1n) is 7.81. The van der Waals surface area contributed by atoms with Crippen LogP contribution in [0.25, 0.3) is 11.3 Å². The fourth-order valence-corrected chi connectivity index (χ4v) is 3.01. The third-order valence-corrected chi connectivity index (χ3v) is 4.37. The monoisotopic (exact) mass is 384 g/mol. The Morgan fingerprint density at radius 2 is 1.96 bits per heavy atom. The van der Waals surface area contributed by atoms with Crippen molar-refractivity contribution in [3.8, 4) is 11.3 Å². The first-order valence-corrected chi connectivity index (χ1v) is 8.56. The van der Waals surface area contributed by atoms with Crippen molar-refractivity contribution in [1.29, 1.82) is 0 Å². The molecular formula is C17H18Cl2N2O4. The normalized spacial score (nSPS) is 12.0. The minimum Gasteiger partial charge on any atom is -0.480 e. The lowest BCUT2D eigenvalue weighted by molar-refractivity contribution is -0.139.